The van der Waals surface area contributed by atoms with Crippen LogP contribution in [0.2, 0.25) is 5.02 Å². The number of carbonyl (C=O) groups is 1. The molecule has 3 rings (SSSR count). The number of aryl methyl sites for hydroxylation is 2. The van der Waals surface area contributed by atoms with Gasteiger partial charge in [-0.3, -0.25) is 9.48 Å². The lowest BCUT2D eigenvalue weighted by atomic mass is 10.1. The zero-order valence-corrected chi connectivity index (χ0v) is 15.7. The molecule has 1 amide bonds. The minimum atomic E-state index is -0.671. The molecule has 4 N–H and O–H groups in total. The molecule has 0 radical (unpaired) electrons. The Morgan fingerprint density at radius 1 is 1.26 bits per heavy atom. The van der Waals surface area contributed by atoms with Crippen LogP contribution in [0.15, 0.2) is 30.6 Å². The Labute approximate surface area is 160 Å². The average molecular weight is 389 g/mol. The van der Waals surface area contributed by atoms with Crippen LogP contribution in [-0.2, 0) is 7.05 Å². The van der Waals surface area contributed by atoms with Gasteiger partial charge in [0.25, 0.3) is 5.91 Å². The summed E-state index contributed by atoms with van der Waals surface area (Å²) in [6.07, 6.45) is 3.27. The van der Waals surface area contributed by atoms with Crippen LogP contribution in [0, 0.1) is 19.7 Å². The molecule has 0 spiro atoms. The third-order valence-electron chi connectivity index (χ3n) is 4.06. The van der Waals surface area contributed by atoms with Crippen molar-refractivity contribution in [2.45, 2.75) is 13.8 Å². The second-order valence-corrected chi connectivity index (χ2v) is 6.47. The molecule has 0 saturated carbocycles. The number of rotatable bonds is 5. The molecule has 0 bridgehead atoms. The van der Waals surface area contributed by atoms with Crippen LogP contribution < -0.4 is 16.4 Å². The van der Waals surface area contributed by atoms with Gasteiger partial charge in [-0.2, -0.15) is 5.10 Å². The lowest BCUT2D eigenvalue weighted by Gasteiger charge is -2.16. The molecule has 0 atom stereocenters. The number of primary amides is 1. The van der Waals surface area contributed by atoms with Gasteiger partial charge in [-0.25, -0.2) is 9.37 Å². The van der Waals surface area contributed by atoms with E-state index in [2.05, 4.69) is 20.7 Å². The fraction of sp³-hybridized carbons (Fsp3) is 0.167. The number of aromatic nitrogens is 3. The number of benzene rings is 1. The van der Waals surface area contributed by atoms with E-state index in [-0.39, 0.29) is 16.8 Å². The van der Waals surface area contributed by atoms with Crippen molar-refractivity contribution in [3.63, 3.8) is 0 Å². The summed E-state index contributed by atoms with van der Waals surface area (Å²) in [5.74, 6) is -0.625. The van der Waals surface area contributed by atoms with Crippen molar-refractivity contribution in [1.82, 2.24) is 14.8 Å². The fourth-order valence-electron chi connectivity index (χ4n) is 2.65. The third-order valence-corrected chi connectivity index (χ3v) is 4.36. The van der Waals surface area contributed by atoms with Gasteiger partial charge in [0, 0.05) is 24.9 Å². The first-order valence-electron chi connectivity index (χ1n) is 8.05. The predicted molar refractivity (Wildman–Crippen MR) is 103 cm³/mol. The maximum atomic E-state index is 14.0. The van der Waals surface area contributed by atoms with E-state index < -0.39 is 11.7 Å². The van der Waals surface area contributed by atoms with E-state index in [0.717, 1.165) is 11.4 Å². The highest BCUT2D eigenvalue weighted by Gasteiger charge is 2.16. The molecule has 7 nitrogen and oxygen atoms in total. The molecule has 2 aromatic heterocycles. The van der Waals surface area contributed by atoms with Gasteiger partial charge in [-0.1, -0.05) is 11.6 Å². The summed E-state index contributed by atoms with van der Waals surface area (Å²) in [6.45, 7) is 3.42. The highest BCUT2D eigenvalue weighted by Crippen LogP contribution is 2.32. The molecule has 0 aliphatic carbocycles. The van der Waals surface area contributed by atoms with Crippen molar-refractivity contribution in [1.29, 1.82) is 0 Å². The summed E-state index contributed by atoms with van der Waals surface area (Å²) in [6, 6.07) is 4.19. The van der Waals surface area contributed by atoms with E-state index in [9.17, 15) is 9.18 Å². The number of anilines is 4. The first-order chi connectivity index (χ1) is 12.8. The molecule has 0 aliphatic rings. The van der Waals surface area contributed by atoms with Crippen LogP contribution in [0.25, 0.3) is 0 Å². The molecule has 0 saturated heterocycles. The molecule has 27 heavy (non-hydrogen) atoms. The number of nitrogens with zero attached hydrogens (tertiary/aromatic N) is 3. The van der Waals surface area contributed by atoms with E-state index in [1.807, 2.05) is 20.2 Å². The Hall–Kier alpha value is -3.13. The summed E-state index contributed by atoms with van der Waals surface area (Å²) in [5, 5.41) is 10.7. The van der Waals surface area contributed by atoms with Crippen molar-refractivity contribution >= 4 is 40.4 Å². The number of nitrogens with one attached hydrogen (secondary N) is 2. The van der Waals surface area contributed by atoms with Gasteiger partial charge in [0.15, 0.2) is 0 Å². The number of nitrogens with two attached hydrogens (primary N) is 1. The Morgan fingerprint density at radius 3 is 2.63 bits per heavy atom. The molecular weight excluding hydrogens is 371 g/mol. The Balaban J connectivity index is 1.98. The smallest absolute Gasteiger partial charge is 0.250 e. The number of halogens is 2. The highest BCUT2D eigenvalue weighted by atomic mass is 35.5. The monoisotopic (exact) mass is 388 g/mol. The molecule has 0 fully saturated rings. The number of hydrogen-bond acceptors (Lipinski definition) is 5. The maximum Gasteiger partial charge on any atom is 0.250 e. The van der Waals surface area contributed by atoms with Gasteiger partial charge in [0.05, 0.1) is 39.5 Å². The minimum Gasteiger partial charge on any atom is -0.366 e. The summed E-state index contributed by atoms with van der Waals surface area (Å²) in [7, 11) is 1.82. The van der Waals surface area contributed by atoms with Crippen LogP contribution in [0.5, 0.6) is 0 Å². The predicted octanol–water partition coefficient (Wildman–Crippen LogP) is 3.81. The van der Waals surface area contributed by atoms with E-state index in [1.165, 1.54) is 18.3 Å². The maximum absolute atomic E-state index is 14.0. The highest BCUT2D eigenvalue weighted by molar-refractivity contribution is 6.33. The second kappa shape index (κ2) is 7.24. The van der Waals surface area contributed by atoms with Gasteiger partial charge >= 0.3 is 0 Å². The molecule has 9 heteroatoms. The molecule has 0 unspecified atom stereocenters. The Morgan fingerprint density at radius 2 is 2.00 bits per heavy atom. The van der Waals surface area contributed by atoms with E-state index in [4.69, 9.17) is 17.3 Å². The van der Waals surface area contributed by atoms with Gasteiger partial charge < -0.3 is 16.4 Å². The van der Waals surface area contributed by atoms with Crippen molar-refractivity contribution in [2.75, 3.05) is 10.6 Å². The lowest BCUT2D eigenvalue weighted by molar-refractivity contribution is 0.100. The normalized spacial score (nSPS) is 10.7. The number of hydrogen-bond donors (Lipinski definition) is 3. The lowest BCUT2D eigenvalue weighted by Crippen LogP contribution is -2.14. The first kappa shape index (κ1) is 18.7. The minimum absolute atomic E-state index is 0.166. The van der Waals surface area contributed by atoms with Crippen molar-refractivity contribution < 1.29 is 9.18 Å². The number of carbonyl (C=O) groups excluding carboxylic acids is 1. The standard InChI is InChI=1S/C18H18ClFN6O/c1-9-13(20)5-4-11(18(21)27)17(9)24-14-6-16(22-7-12(14)19)23-15-8-26(3)25-10(15)2/h4-8H,1-3H3,(H2,21,27)(H2,22,23,24). The SMILES string of the molecule is Cc1nn(C)cc1Nc1cc(Nc2c(C(N)=O)ccc(F)c2C)c(Cl)cn1. The van der Waals surface area contributed by atoms with Crippen LogP contribution in [0.3, 0.4) is 0 Å². The van der Waals surface area contributed by atoms with Gasteiger partial charge in [0.1, 0.15) is 11.6 Å². The topological polar surface area (TPSA) is 97.9 Å². The summed E-state index contributed by atoms with van der Waals surface area (Å²) >= 11 is 6.23. The van der Waals surface area contributed by atoms with Gasteiger partial charge in [-0.15, -0.1) is 0 Å². The van der Waals surface area contributed by atoms with Crippen molar-refractivity contribution in [3.05, 3.63) is 58.3 Å². The van der Waals surface area contributed by atoms with E-state index in [0.29, 0.717) is 16.5 Å². The van der Waals surface area contributed by atoms with Crippen LogP contribution in [-0.4, -0.2) is 20.7 Å². The van der Waals surface area contributed by atoms with E-state index >= 15 is 0 Å². The second-order valence-electron chi connectivity index (χ2n) is 6.06. The molecule has 1 aromatic carbocycles. The average Bonchev–Trinajstić information content (AvgIpc) is 2.91. The number of amides is 1. The summed E-state index contributed by atoms with van der Waals surface area (Å²) in [4.78, 5) is 15.9. The molecule has 0 aliphatic heterocycles. The van der Waals surface area contributed by atoms with Crippen LogP contribution in [0.4, 0.5) is 27.3 Å². The molecule has 2 heterocycles. The molecule has 140 valence electrons. The van der Waals surface area contributed by atoms with Crippen molar-refractivity contribution in [2.24, 2.45) is 12.8 Å². The summed E-state index contributed by atoms with van der Waals surface area (Å²) in [5.41, 5.74) is 8.14. The fourth-order valence-corrected chi connectivity index (χ4v) is 2.80. The van der Waals surface area contributed by atoms with E-state index in [1.54, 1.807) is 17.7 Å². The molecular formula is C18H18ClFN6O. The van der Waals surface area contributed by atoms with Crippen LogP contribution in [0.1, 0.15) is 21.6 Å². The first-order valence-corrected chi connectivity index (χ1v) is 8.42. The largest absolute Gasteiger partial charge is 0.366 e. The summed E-state index contributed by atoms with van der Waals surface area (Å²) < 4.78 is 15.7. The Kier molecular flexibility index (Phi) is 5.00. The third kappa shape index (κ3) is 3.85. The zero-order chi connectivity index (χ0) is 19.7. The number of pyridine rings is 1. The Bertz CT molecular complexity index is 1030. The van der Waals surface area contributed by atoms with Gasteiger partial charge in [-0.05, 0) is 26.0 Å². The van der Waals surface area contributed by atoms with Crippen molar-refractivity contribution in [3.8, 4) is 0 Å². The molecule has 3 aromatic rings. The quantitative estimate of drug-likeness (QED) is 0.617. The van der Waals surface area contributed by atoms with Crippen LogP contribution >= 0.6 is 11.6 Å². The van der Waals surface area contributed by atoms with Gasteiger partial charge in [0.2, 0.25) is 0 Å². The zero-order valence-electron chi connectivity index (χ0n) is 15.0.